The summed E-state index contributed by atoms with van der Waals surface area (Å²) in [6.07, 6.45) is 9.04. The molecule has 0 unspecified atom stereocenters. The van der Waals surface area contributed by atoms with E-state index in [-0.39, 0.29) is 59.9 Å². The fourth-order valence-electron chi connectivity index (χ4n) is 12.2. The lowest BCUT2D eigenvalue weighted by atomic mass is 9.79. The number of ether oxygens (including phenoxy) is 4. The summed E-state index contributed by atoms with van der Waals surface area (Å²) in [7, 11) is -3.64. The highest BCUT2D eigenvalue weighted by atomic mass is 32.2. The minimum atomic E-state index is -3.18. The van der Waals surface area contributed by atoms with Crippen molar-refractivity contribution in [3.8, 4) is 39.8 Å². The van der Waals surface area contributed by atoms with Crippen molar-refractivity contribution in [1.82, 2.24) is 60.0 Å². The second-order valence-electron chi connectivity index (χ2n) is 27.6. The van der Waals surface area contributed by atoms with Gasteiger partial charge in [-0.15, -0.1) is 34.0 Å². The van der Waals surface area contributed by atoms with Gasteiger partial charge in [-0.2, -0.15) is 4.31 Å². The Morgan fingerprint density at radius 3 is 1.31 bits per heavy atom. The highest BCUT2D eigenvalue weighted by Gasteiger charge is 2.52. The third-order valence-electron chi connectivity index (χ3n) is 18.9. The van der Waals surface area contributed by atoms with Crippen molar-refractivity contribution >= 4 is 123 Å². The highest BCUT2D eigenvalue weighted by molar-refractivity contribution is 7.88. The van der Waals surface area contributed by atoms with Crippen molar-refractivity contribution in [3.05, 3.63) is 77.7 Å². The maximum atomic E-state index is 12.3. The second-order valence-corrected chi connectivity index (χ2v) is 32.1. The molecule has 0 radical (unpaired) electrons. The molecule has 4 amide bonds. The van der Waals surface area contributed by atoms with Crippen LogP contribution in [0.1, 0.15) is 88.5 Å². The van der Waals surface area contributed by atoms with Crippen LogP contribution in [0.15, 0.2) is 77.7 Å². The van der Waals surface area contributed by atoms with Crippen molar-refractivity contribution < 1.29 is 55.9 Å². The third kappa shape index (κ3) is 16.2. The summed E-state index contributed by atoms with van der Waals surface area (Å²) in [6.45, 7) is 26.1. The van der Waals surface area contributed by atoms with Crippen molar-refractivity contribution in [2.75, 3.05) is 88.0 Å². The second kappa shape index (κ2) is 28.7. The first-order chi connectivity index (χ1) is 46.6. The molecule has 0 aliphatic carbocycles. The predicted molar refractivity (Wildman–Crippen MR) is 379 cm³/mol. The average Bonchev–Trinajstić information content (AvgIpc) is 1.60. The molecule has 6 aliphatic rings. The summed E-state index contributed by atoms with van der Waals surface area (Å²) in [5.74, 6) is 4.37. The minimum Gasteiger partial charge on any atom is -0.489 e. The third-order valence-corrected chi connectivity index (χ3v) is 22.7. The Morgan fingerprint density at radius 2 is 0.949 bits per heavy atom. The van der Waals surface area contributed by atoms with E-state index in [4.69, 9.17) is 28.3 Å². The molecule has 6 aliphatic heterocycles. The molecule has 6 fully saturated rings. The van der Waals surface area contributed by atoms with Gasteiger partial charge >= 0.3 is 13.2 Å². The average molecular weight is 1420 g/mol. The summed E-state index contributed by atoms with van der Waals surface area (Å²) in [5, 5.41) is 8.62. The van der Waals surface area contributed by atoms with E-state index in [9.17, 15) is 27.6 Å². The number of rotatable bonds is 15. The summed E-state index contributed by atoms with van der Waals surface area (Å²) in [4.78, 5) is 85.0. The molecule has 31 heteroatoms. The van der Waals surface area contributed by atoms with Crippen LogP contribution in [-0.4, -0.2) is 197 Å². The van der Waals surface area contributed by atoms with E-state index in [1.54, 1.807) is 52.0 Å². The Balaban J connectivity index is 0.000000142. The first-order valence-electron chi connectivity index (χ1n) is 33.0. The maximum Gasteiger partial charge on any atom is 0.495 e. The molecule has 3 N–H and O–H groups in total. The van der Waals surface area contributed by atoms with Crippen molar-refractivity contribution in [1.29, 1.82) is 0 Å². The van der Waals surface area contributed by atoms with Gasteiger partial charge in [0.2, 0.25) is 27.7 Å². The van der Waals surface area contributed by atoms with Gasteiger partial charge in [0.25, 0.3) is 0 Å². The zero-order valence-corrected chi connectivity index (χ0v) is 60.2. The van der Waals surface area contributed by atoms with Crippen LogP contribution in [-0.2, 0) is 38.5 Å². The van der Waals surface area contributed by atoms with Gasteiger partial charge in [0.05, 0.1) is 101 Å². The lowest BCUT2D eigenvalue weighted by molar-refractivity contribution is -0.120. The standard InChI is InChI=1S/C26H32N6O4S.C22H26N6O4S2.C19H25BN2O4S/c1-16(18-11-23(33)29-12-18)35-21-10-17(9-19-24(21)37-15-30-19)20-13-28-22(14-27-20)31-5-7-32(8-6-31)25(34)36-26(2,3)4;1-14(16-9-21(29)25-10-16)32-19-8-15(7-17-22(19)33-13-26-17)18-11-24-20(12-23-18)27-3-5-28(6-4-27)34(2,30)31;1-11(12-6-16(23)21-9-12)24-15-8-13(7-14-17(15)27-10-22-14)20-25-18(2,3)19(4,5)26-20/h9-10,13-16,18H,5-8,11-12H2,1-4H3,(H,29,33);7-8,11-14,16H,3-6,9-10H2,1-2H3,(H,25,29);7-8,10-12H,6,9H2,1-5H3,(H,21,23)/t16-,18-;14-,16-;11-,12-/m111/s1. The van der Waals surface area contributed by atoms with Gasteiger partial charge in [-0.05, 0) is 111 Å². The molecule has 26 nitrogen and oxygen atoms in total. The van der Waals surface area contributed by atoms with E-state index < -0.39 is 33.9 Å². The SMILES string of the molecule is C[C@@H](Oc1cc(-c2cnc(N3CCN(C(=O)OC(C)(C)C)CC3)cn2)cc2ncsc12)[C@H]1CNC(=O)C1.C[C@@H](Oc1cc(-c2cnc(N3CCN(S(C)(=O)=O)CC3)cn2)cc2ncsc12)[C@H]1CNC(=O)C1.C[C@@H](Oc1cc(B2OC(C)(C)C(C)(C)O2)cc2ncsc12)[C@H]1CNC(=O)C1. The van der Waals surface area contributed by atoms with Gasteiger partial charge < -0.3 is 58.9 Å². The molecule has 5 aromatic heterocycles. The topological polar surface area (TPSA) is 297 Å². The molecule has 0 bridgehead atoms. The number of hydrogen-bond acceptors (Lipinski definition) is 24. The van der Waals surface area contributed by atoms with E-state index >= 15 is 0 Å². The number of nitrogens with one attached hydrogen (secondary N) is 3. The number of piperazine rings is 2. The number of nitrogens with zero attached hydrogens (tertiary/aromatic N) is 11. The number of aromatic nitrogens is 7. The molecule has 3 aromatic carbocycles. The molecular formula is C67H83BN14O12S4. The summed E-state index contributed by atoms with van der Waals surface area (Å²) >= 11 is 4.60. The van der Waals surface area contributed by atoms with Crippen LogP contribution >= 0.6 is 34.0 Å². The Labute approximate surface area is 582 Å². The van der Waals surface area contributed by atoms with E-state index in [1.807, 2.05) is 116 Å². The Morgan fingerprint density at radius 1 is 0.561 bits per heavy atom. The van der Waals surface area contributed by atoms with E-state index in [0.717, 1.165) is 81.8 Å². The lowest BCUT2D eigenvalue weighted by Gasteiger charge is -2.36. The molecule has 98 heavy (non-hydrogen) atoms. The molecule has 520 valence electrons. The predicted octanol–water partition coefficient (Wildman–Crippen LogP) is 7.95. The fraction of sp³-hybridized carbons (Fsp3) is 0.507. The zero-order valence-electron chi connectivity index (χ0n) is 56.9. The highest BCUT2D eigenvalue weighted by Crippen LogP contribution is 2.40. The molecular weight excluding hydrogens is 1330 g/mol. The van der Waals surface area contributed by atoms with Gasteiger partial charge in [-0.1, -0.05) is 0 Å². The van der Waals surface area contributed by atoms with E-state index in [2.05, 4.69) is 55.7 Å². The van der Waals surface area contributed by atoms with Crippen LogP contribution in [0.25, 0.3) is 53.2 Å². The molecule has 0 spiro atoms. The molecule has 6 atom stereocenters. The largest absolute Gasteiger partial charge is 0.495 e. The number of anilines is 2. The van der Waals surface area contributed by atoms with E-state index in [1.165, 1.54) is 33.2 Å². The number of amides is 4. The Bertz CT molecular complexity index is 4310. The number of hydrogen-bond donors (Lipinski definition) is 3. The van der Waals surface area contributed by atoms with Gasteiger partial charge in [0.15, 0.2) is 0 Å². The van der Waals surface area contributed by atoms with Crippen molar-refractivity contribution in [2.45, 2.75) is 124 Å². The van der Waals surface area contributed by atoms with Crippen molar-refractivity contribution in [3.63, 3.8) is 0 Å². The lowest BCUT2D eigenvalue weighted by Crippen LogP contribution is -2.50. The Hall–Kier alpha value is -7.94. The number of thiazole rings is 3. The van der Waals surface area contributed by atoms with Gasteiger partial charge in [-0.3, -0.25) is 24.4 Å². The number of carbonyl (C=O) groups is 4. The maximum absolute atomic E-state index is 12.3. The summed E-state index contributed by atoms with van der Waals surface area (Å²) in [6, 6.07) is 11.9. The minimum absolute atomic E-state index is 0.0604. The molecule has 11 heterocycles. The summed E-state index contributed by atoms with van der Waals surface area (Å²) < 4.78 is 64.7. The number of sulfonamides is 1. The van der Waals surface area contributed by atoms with Crippen molar-refractivity contribution in [2.24, 2.45) is 17.8 Å². The molecule has 8 aromatic rings. The molecule has 14 rings (SSSR count). The quantitative estimate of drug-likeness (QED) is 0.0820. The monoisotopic (exact) mass is 1410 g/mol. The van der Waals surface area contributed by atoms with Crippen LogP contribution in [0, 0.1) is 17.8 Å². The van der Waals surface area contributed by atoms with Gasteiger partial charge in [-0.25, -0.2) is 38.1 Å². The van der Waals surface area contributed by atoms with Crippen LogP contribution in [0.3, 0.4) is 0 Å². The molecule has 0 saturated carbocycles. The number of carbonyl (C=O) groups excluding carboxylic acids is 4. The van der Waals surface area contributed by atoms with Crippen LogP contribution in [0.2, 0.25) is 0 Å². The van der Waals surface area contributed by atoms with Gasteiger partial charge in [0, 0.05) is 120 Å². The summed E-state index contributed by atoms with van der Waals surface area (Å²) in [5.41, 5.74) is 10.7. The first-order valence-corrected chi connectivity index (χ1v) is 37.4. The van der Waals surface area contributed by atoms with Crippen LogP contribution < -0.4 is 45.4 Å². The number of benzene rings is 3. The first kappa shape index (κ1) is 69.9. The Kier molecular flexibility index (Phi) is 20.5. The van der Waals surface area contributed by atoms with Gasteiger partial charge in [0.1, 0.15) is 52.8 Å². The van der Waals surface area contributed by atoms with E-state index in [0.29, 0.717) is 96.9 Å². The van der Waals surface area contributed by atoms with Crippen LogP contribution in [0.5, 0.6) is 17.2 Å². The molecule has 6 saturated heterocycles. The zero-order chi connectivity index (χ0) is 69.4. The smallest absolute Gasteiger partial charge is 0.489 e. The van der Waals surface area contributed by atoms with Crippen LogP contribution in [0.4, 0.5) is 16.4 Å². The normalized spacial score (nSPS) is 21.2. The number of fused-ring (bicyclic) bond motifs is 3. The fourth-order valence-corrected chi connectivity index (χ4v) is 15.2.